The van der Waals surface area contributed by atoms with Gasteiger partial charge in [-0.15, -0.1) is 0 Å². The van der Waals surface area contributed by atoms with Gasteiger partial charge in [-0.1, -0.05) is 60.7 Å². The predicted molar refractivity (Wildman–Crippen MR) is 98.1 cm³/mol. The molecule has 0 atom stereocenters. The summed E-state index contributed by atoms with van der Waals surface area (Å²) in [4.78, 5) is 0. The van der Waals surface area contributed by atoms with E-state index in [-0.39, 0.29) is 11.5 Å². The standard InChI is InChI=1S/C22H16O2/c23-19-11-9-16(10-12-19)15-5-7-17(8-6-15)22-14-20(24)13-18-3-1-2-4-21(18)22/h1-14,23-24H. The third-order valence-electron chi connectivity index (χ3n) is 4.24. The van der Waals surface area contributed by atoms with E-state index in [0.717, 1.165) is 33.0 Å². The van der Waals surface area contributed by atoms with E-state index in [9.17, 15) is 10.2 Å². The Balaban J connectivity index is 1.79. The zero-order valence-corrected chi connectivity index (χ0v) is 13.0. The third kappa shape index (κ3) is 2.59. The Morgan fingerprint density at radius 2 is 1.08 bits per heavy atom. The van der Waals surface area contributed by atoms with E-state index >= 15 is 0 Å². The summed E-state index contributed by atoms with van der Waals surface area (Å²) >= 11 is 0. The first kappa shape index (κ1) is 14.3. The Labute approximate surface area is 140 Å². The van der Waals surface area contributed by atoms with Crippen molar-refractivity contribution in [2.45, 2.75) is 0 Å². The lowest BCUT2D eigenvalue weighted by Gasteiger charge is -2.09. The minimum absolute atomic E-state index is 0.265. The van der Waals surface area contributed by atoms with Crippen molar-refractivity contribution in [3.05, 3.63) is 84.9 Å². The van der Waals surface area contributed by atoms with Gasteiger partial charge < -0.3 is 10.2 Å². The first-order chi connectivity index (χ1) is 11.7. The first-order valence-corrected chi connectivity index (χ1v) is 7.82. The smallest absolute Gasteiger partial charge is 0.116 e. The Morgan fingerprint density at radius 1 is 0.500 bits per heavy atom. The molecule has 116 valence electrons. The number of fused-ring (bicyclic) bond motifs is 1. The summed E-state index contributed by atoms with van der Waals surface area (Å²) in [6.07, 6.45) is 0. The number of rotatable bonds is 2. The van der Waals surface area contributed by atoms with Crippen molar-refractivity contribution >= 4 is 10.8 Å². The molecule has 2 nitrogen and oxygen atoms in total. The molecule has 0 heterocycles. The number of aromatic hydroxyl groups is 2. The molecule has 0 aliphatic carbocycles. The van der Waals surface area contributed by atoms with Gasteiger partial charge in [0.05, 0.1) is 0 Å². The average molecular weight is 312 g/mol. The highest BCUT2D eigenvalue weighted by Gasteiger charge is 2.07. The largest absolute Gasteiger partial charge is 0.508 e. The monoisotopic (exact) mass is 312 g/mol. The Kier molecular flexibility index (Phi) is 3.43. The van der Waals surface area contributed by atoms with Crippen molar-refractivity contribution in [2.24, 2.45) is 0 Å². The highest BCUT2D eigenvalue weighted by atomic mass is 16.3. The molecule has 0 saturated carbocycles. The van der Waals surface area contributed by atoms with Gasteiger partial charge in [0.1, 0.15) is 11.5 Å². The minimum atomic E-state index is 0.265. The van der Waals surface area contributed by atoms with Crippen LogP contribution >= 0.6 is 0 Å². The molecule has 24 heavy (non-hydrogen) atoms. The van der Waals surface area contributed by atoms with Crippen LogP contribution in [0.1, 0.15) is 0 Å². The predicted octanol–water partition coefficient (Wildman–Crippen LogP) is 5.59. The molecule has 0 radical (unpaired) electrons. The molecule has 0 spiro atoms. The summed E-state index contributed by atoms with van der Waals surface area (Å²) < 4.78 is 0. The SMILES string of the molecule is Oc1ccc(-c2ccc(-c3cc(O)cc4ccccc34)cc2)cc1. The summed E-state index contributed by atoms with van der Waals surface area (Å²) in [7, 11) is 0. The molecule has 0 aliphatic heterocycles. The maximum Gasteiger partial charge on any atom is 0.116 e. The molecule has 4 rings (SSSR count). The fourth-order valence-electron chi connectivity index (χ4n) is 3.03. The lowest BCUT2D eigenvalue weighted by molar-refractivity contribution is 0.475. The highest BCUT2D eigenvalue weighted by molar-refractivity contribution is 5.98. The van der Waals surface area contributed by atoms with E-state index in [1.165, 1.54) is 0 Å². The van der Waals surface area contributed by atoms with Gasteiger partial charge in [-0.25, -0.2) is 0 Å². The summed E-state index contributed by atoms with van der Waals surface area (Å²) in [5.74, 6) is 0.535. The second-order valence-corrected chi connectivity index (χ2v) is 5.84. The molecule has 0 saturated heterocycles. The molecule has 4 aromatic rings. The van der Waals surface area contributed by atoms with Crippen LogP contribution in [-0.2, 0) is 0 Å². The molecule has 0 bridgehead atoms. The van der Waals surface area contributed by atoms with Gasteiger partial charge in [-0.2, -0.15) is 0 Å². The van der Waals surface area contributed by atoms with Crippen molar-refractivity contribution in [2.75, 3.05) is 0 Å². The molecular weight excluding hydrogens is 296 g/mol. The number of hydrogen-bond donors (Lipinski definition) is 2. The van der Waals surface area contributed by atoms with Crippen LogP contribution in [0, 0.1) is 0 Å². The van der Waals surface area contributed by atoms with Crippen LogP contribution in [0.4, 0.5) is 0 Å². The maximum absolute atomic E-state index is 10.0. The second kappa shape index (κ2) is 5.74. The first-order valence-electron chi connectivity index (χ1n) is 7.82. The average Bonchev–Trinajstić information content (AvgIpc) is 2.62. The van der Waals surface area contributed by atoms with Crippen LogP contribution in [0.15, 0.2) is 84.9 Å². The summed E-state index contributed by atoms with van der Waals surface area (Å²) in [5, 5.41) is 21.5. The van der Waals surface area contributed by atoms with E-state index in [4.69, 9.17) is 0 Å². The Hall–Kier alpha value is -3.26. The van der Waals surface area contributed by atoms with Crippen LogP contribution in [0.5, 0.6) is 11.5 Å². The number of phenols is 2. The molecule has 0 aromatic heterocycles. The van der Waals surface area contributed by atoms with Crippen molar-refractivity contribution in [1.82, 2.24) is 0 Å². The fraction of sp³-hybridized carbons (Fsp3) is 0. The van der Waals surface area contributed by atoms with Crippen molar-refractivity contribution in [3.63, 3.8) is 0 Å². The maximum atomic E-state index is 10.0. The molecule has 2 N–H and O–H groups in total. The van der Waals surface area contributed by atoms with E-state index in [2.05, 4.69) is 30.3 Å². The van der Waals surface area contributed by atoms with Gasteiger partial charge in [0.25, 0.3) is 0 Å². The van der Waals surface area contributed by atoms with Crippen LogP contribution in [0.3, 0.4) is 0 Å². The van der Waals surface area contributed by atoms with Gasteiger partial charge in [-0.05, 0) is 57.3 Å². The van der Waals surface area contributed by atoms with Crippen LogP contribution in [0.25, 0.3) is 33.0 Å². The fourth-order valence-corrected chi connectivity index (χ4v) is 3.03. The van der Waals surface area contributed by atoms with E-state index in [1.54, 1.807) is 24.3 Å². The summed E-state index contributed by atoms with van der Waals surface area (Å²) in [6, 6.07) is 27.0. The van der Waals surface area contributed by atoms with Crippen molar-refractivity contribution in [1.29, 1.82) is 0 Å². The quantitative estimate of drug-likeness (QED) is 0.507. The van der Waals surface area contributed by atoms with Gasteiger partial charge in [0.2, 0.25) is 0 Å². The van der Waals surface area contributed by atoms with E-state index < -0.39 is 0 Å². The summed E-state index contributed by atoms with van der Waals surface area (Å²) in [5.41, 5.74) is 4.22. The number of phenolic OH excluding ortho intramolecular Hbond substituents is 2. The molecule has 0 amide bonds. The van der Waals surface area contributed by atoms with Crippen LogP contribution in [0.2, 0.25) is 0 Å². The second-order valence-electron chi connectivity index (χ2n) is 5.84. The van der Waals surface area contributed by atoms with Crippen LogP contribution < -0.4 is 0 Å². The number of benzene rings is 4. The highest BCUT2D eigenvalue weighted by Crippen LogP contribution is 2.33. The molecule has 0 aliphatic rings. The minimum Gasteiger partial charge on any atom is -0.508 e. The van der Waals surface area contributed by atoms with Gasteiger partial charge in [-0.3, -0.25) is 0 Å². The van der Waals surface area contributed by atoms with Crippen molar-refractivity contribution < 1.29 is 10.2 Å². The van der Waals surface area contributed by atoms with Gasteiger partial charge in [0.15, 0.2) is 0 Å². The normalized spacial score (nSPS) is 10.8. The Morgan fingerprint density at radius 3 is 1.79 bits per heavy atom. The third-order valence-corrected chi connectivity index (χ3v) is 4.24. The zero-order valence-electron chi connectivity index (χ0n) is 13.0. The molecule has 0 unspecified atom stereocenters. The van der Waals surface area contributed by atoms with Gasteiger partial charge in [0, 0.05) is 0 Å². The lowest BCUT2D eigenvalue weighted by Crippen LogP contribution is -1.83. The Bertz CT molecular complexity index is 1000. The lowest BCUT2D eigenvalue weighted by atomic mass is 9.96. The molecule has 0 fully saturated rings. The van der Waals surface area contributed by atoms with Gasteiger partial charge >= 0.3 is 0 Å². The molecule has 2 heteroatoms. The summed E-state index contributed by atoms with van der Waals surface area (Å²) in [6.45, 7) is 0. The zero-order chi connectivity index (χ0) is 16.5. The van der Waals surface area contributed by atoms with Crippen LogP contribution in [-0.4, -0.2) is 10.2 Å². The van der Waals surface area contributed by atoms with Crippen molar-refractivity contribution in [3.8, 4) is 33.8 Å². The molecular formula is C22H16O2. The van der Waals surface area contributed by atoms with E-state index in [0.29, 0.717) is 0 Å². The van der Waals surface area contributed by atoms with E-state index in [1.807, 2.05) is 30.3 Å². The number of hydrogen-bond acceptors (Lipinski definition) is 2. The topological polar surface area (TPSA) is 40.5 Å². The molecule has 4 aromatic carbocycles.